The minimum absolute atomic E-state index is 0.0865. The summed E-state index contributed by atoms with van der Waals surface area (Å²) in [6.45, 7) is 7.92. The average molecular weight is 444 g/mol. The maximum absolute atomic E-state index is 13.2. The van der Waals surface area contributed by atoms with Crippen LogP contribution in [-0.2, 0) is 19.6 Å². The van der Waals surface area contributed by atoms with Gasteiger partial charge in [0.15, 0.2) is 0 Å². The van der Waals surface area contributed by atoms with Gasteiger partial charge in [0.25, 0.3) is 0 Å². The van der Waals surface area contributed by atoms with Crippen molar-refractivity contribution in [1.82, 2.24) is 9.62 Å². The predicted octanol–water partition coefficient (Wildman–Crippen LogP) is 2.83. The Hall–Kier alpha value is -2.71. The molecular weight excluding hydrogens is 414 g/mol. The lowest BCUT2D eigenvalue weighted by molar-refractivity contribution is -0.136. The van der Waals surface area contributed by atoms with Gasteiger partial charge in [0, 0.05) is 24.8 Å². The second kappa shape index (κ2) is 9.20. The molecule has 1 fully saturated rings. The van der Waals surface area contributed by atoms with Gasteiger partial charge in [-0.1, -0.05) is 29.8 Å². The lowest BCUT2D eigenvalue weighted by atomic mass is 10.1. The van der Waals surface area contributed by atoms with E-state index in [2.05, 4.69) is 10.6 Å². The molecule has 2 aromatic rings. The van der Waals surface area contributed by atoms with Crippen molar-refractivity contribution < 1.29 is 18.0 Å². The van der Waals surface area contributed by atoms with Crippen molar-refractivity contribution in [2.45, 2.75) is 51.5 Å². The lowest BCUT2D eigenvalue weighted by Crippen LogP contribution is -2.45. The normalized spacial score (nSPS) is 16.8. The van der Waals surface area contributed by atoms with Crippen molar-refractivity contribution in [2.75, 3.05) is 18.4 Å². The Balaban J connectivity index is 1.66. The van der Waals surface area contributed by atoms with Crippen molar-refractivity contribution in [3.8, 4) is 0 Å². The summed E-state index contributed by atoms with van der Waals surface area (Å²) in [7, 11) is -3.69. The molecule has 8 heteroatoms. The van der Waals surface area contributed by atoms with E-state index in [9.17, 15) is 18.0 Å². The standard InChI is InChI=1S/C23H29N3O4S/c1-15-8-10-20(18(4)12-15)25-23(28)22(27)24-14-19-6-5-11-26(19)31(29,30)21-13-16(2)7-9-17(21)3/h7-10,12-13,19H,5-6,11,14H2,1-4H3,(H,24,27)(H,25,28). The highest BCUT2D eigenvalue weighted by Gasteiger charge is 2.36. The Morgan fingerprint density at radius 3 is 2.35 bits per heavy atom. The smallest absolute Gasteiger partial charge is 0.313 e. The maximum Gasteiger partial charge on any atom is 0.313 e. The molecule has 2 amide bonds. The number of nitrogens with one attached hydrogen (secondary N) is 2. The van der Waals surface area contributed by atoms with Crippen LogP contribution in [0.1, 0.15) is 35.1 Å². The van der Waals surface area contributed by atoms with Gasteiger partial charge in [-0.25, -0.2) is 8.42 Å². The topological polar surface area (TPSA) is 95.6 Å². The van der Waals surface area contributed by atoms with E-state index in [-0.39, 0.29) is 12.6 Å². The van der Waals surface area contributed by atoms with Crippen LogP contribution in [0, 0.1) is 27.7 Å². The van der Waals surface area contributed by atoms with Crippen LogP contribution >= 0.6 is 0 Å². The molecule has 1 heterocycles. The molecule has 1 aliphatic rings. The van der Waals surface area contributed by atoms with Gasteiger partial charge in [0.2, 0.25) is 10.0 Å². The van der Waals surface area contributed by atoms with Crippen LogP contribution in [0.3, 0.4) is 0 Å². The Kier molecular flexibility index (Phi) is 6.81. The fraction of sp³-hybridized carbons (Fsp3) is 0.391. The number of rotatable bonds is 5. The minimum atomic E-state index is -3.69. The third kappa shape index (κ3) is 5.14. The molecule has 0 aliphatic carbocycles. The Labute approximate surface area is 183 Å². The summed E-state index contributed by atoms with van der Waals surface area (Å²) in [6.07, 6.45) is 1.34. The average Bonchev–Trinajstić information content (AvgIpc) is 3.19. The number of nitrogens with zero attached hydrogens (tertiary/aromatic N) is 1. The Morgan fingerprint density at radius 1 is 0.968 bits per heavy atom. The van der Waals surface area contributed by atoms with E-state index in [0.717, 1.165) is 16.7 Å². The van der Waals surface area contributed by atoms with Gasteiger partial charge >= 0.3 is 11.8 Å². The molecule has 1 atom stereocenters. The molecule has 0 aromatic heterocycles. The number of anilines is 1. The van der Waals surface area contributed by atoms with Gasteiger partial charge in [-0.2, -0.15) is 4.31 Å². The summed E-state index contributed by atoms with van der Waals surface area (Å²) >= 11 is 0. The van der Waals surface area contributed by atoms with Crippen LogP contribution in [0.15, 0.2) is 41.3 Å². The van der Waals surface area contributed by atoms with Crippen molar-refractivity contribution in [3.05, 3.63) is 58.7 Å². The van der Waals surface area contributed by atoms with Crippen LogP contribution in [-0.4, -0.2) is 43.7 Å². The molecule has 2 aromatic carbocycles. The number of benzene rings is 2. The van der Waals surface area contributed by atoms with E-state index in [1.807, 2.05) is 39.0 Å². The number of carbonyl (C=O) groups excluding carboxylic acids is 2. The summed E-state index contributed by atoms with van der Waals surface area (Å²) in [4.78, 5) is 24.9. The fourth-order valence-electron chi connectivity index (χ4n) is 3.86. The minimum Gasteiger partial charge on any atom is -0.346 e. The first-order chi connectivity index (χ1) is 14.6. The highest BCUT2D eigenvalue weighted by molar-refractivity contribution is 7.89. The molecule has 3 rings (SSSR count). The predicted molar refractivity (Wildman–Crippen MR) is 120 cm³/mol. The second-order valence-electron chi connectivity index (χ2n) is 8.16. The van der Waals surface area contributed by atoms with Gasteiger partial charge in [-0.3, -0.25) is 9.59 Å². The molecule has 0 bridgehead atoms. The van der Waals surface area contributed by atoms with Gasteiger partial charge < -0.3 is 10.6 Å². The summed E-state index contributed by atoms with van der Waals surface area (Å²) in [6, 6.07) is 10.5. The molecule has 1 saturated heterocycles. The molecular formula is C23H29N3O4S. The van der Waals surface area contributed by atoms with Crippen LogP contribution < -0.4 is 10.6 Å². The molecule has 1 unspecified atom stereocenters. The largest absolute Gasteiger partial charge is 0.346 e. The van der Waals surface area contributed by atoms with Gasteiger partial charge in [0.1, 0.15) is 0 Å². The lowest BCUT2D eigenvalue weighted by Gasteiger charge is -2.25. The molecule has 0 radical (unpaired) electrons. The van der Waals surface area contributed by atoms with Crippen molar-refractivity contribution in [2.24, 2.45) is 0 Å². The molecule has 166 valence electrons. The summed E-state index contributed by atoms with van der Waals surface area (Å²) in [5, 5.41) is 5.21. The first-order valence-electron chi connectivity index (χ1n) is 10.3. The van der Waals surface area contributed by atoms with E-state index < -0.39 is 21.8 Å². The van der Waals surface area contributed by atoms with E-state index >= 15 is 0 Å². The van der Waals surface area contributed by atoms with Crippen LogP contribution in [0.2, 0.25) is 0 Å². The SMILES string of the molecule is Cc1ccc(NC(=O)C(=O)NCC2CCCN2S(=O)(=O)c2cc(C)ccc2C)c(C)c1. The van der Waals surface area contributed by atoms with Gasteiger partial charge in [-0.15, -0.1) is 0 Å². The quantitative estimate of drug-likeness (QED) is 0.695. The number of amides is 2. The fourth-order valence-corrected chi connectivity index (χ4v) is 5.87. The zero-order valence-corrected chi connectivity index (χ0v) is 19.2. The molecule has 1 aliphatic heterocycles. The third-order valence-corrected chi connectivity index (χ3v) is 7.68. The van der Waals surface area contributed by atoms with Crippen molar-refractivity contribution in [3.63, 3.8) is 0 Å². The van der Waals surface area contributed by atoms with Crippen LogP contribution in [0.25, 0.3) is 0 Å². The molecule has 31 heavy (non-hydrogen) atoms. The monoisotopic (exact) mass is 443 g/mol. The first-order valence-corrected chi connectivity index (χ1v) is 11.8. The number of carbonyl (C=O) groups is 2. The molecule has 2 N–H and O–H groups in total. The Bertz CT molecular complexity index is 1110. The molecule has 7 nitrogen and oxygen atoms in total. The number of hydrogen-bond acceptors (Lipinski definition) is 4. The second-order valence-corrected chi connectivity index (χ2v) is 10.0. The number of hydrogen-bond donors (Lipinski definition) is 2. The number of sulfonamides is 1. The molecule has 0 saturated carbocycles. The highest BCUT2D eigenvalue weighted by Crippen LogP contribution is 2.28. The maximum atomic E-state index is 13.2. The zero-order chi connectivity index (χ0) is 22.8. The summed E-state index contributed by atoms with van der Waals surface area (Å²) < 4.78 is 27.9. The van der Waals surface area contributed by atoms with E-state index in [0.29, 0.717) is 35.5 Å². The van der Waals surface area contributed by atoms with Crippen molar-refractivity contribution in [1.29, 1.82) is 0 Å². The zero-order valence-electron chi connectivity index (χ0n) is 18.4. The van der Waals surface area contributed by atoms with Crippen LogP contribution in [0.5, 0.6) is 0 Å². The van der Waals surface area contributed by atoms with E-state index in [1.165, 1.54) is 4.31 Å². The Morgan fingerprint density at radius 2 is 1.65 bits per heavy atom. The first kappa shape index (κ1) is 23.0. The summed E-state index contributed by atoms with van der Waals surface area (Å²) in [5.74, 6) is -1.55. The molecule has 0 spiro atoms. The van der Waals surface area contributed by atoms with E-state index in [1.54, 1.807) is 25.1 Å². The summed E-state index contributed by atoms with van der Waals surface area (Å²) in [5.41, 5.74) is 4.06. The number of aryl methyl sites for hydroxylation is 4. The van der Waals surface area contributed by atoms with Crippen molar-refractivity contribution >= 4 is 27.5 Å². The van der Waals surface area contributed by atoms with Gasteiger partial charge in [0.05, 0.1) is 4.90 Å². The third-order valence-electron chi connectivity index (χ3n) is 5.59. The highest BCUT2D eigenvalue weighted by atomic mass is 32.2. The van der Waals surface area contributed by atoms with E-state index in [4.69, 9.17) is 0 Å². The van der Waals surface area contributed by atoms with Crippen LogP contribution in [0.4, 0.5) is 5.69 Å². The van der Waals surface area contributed by atoms with Gasteiger partial charge in [-0.05, 0) is 69.4 Å².